The molecule has 3 aromatic rings. The molecule has 0 saturated carbocycles. The Morgan fingerprint density at radius 2 is 1.87 bits per heavy atom. The summed E-state index contributed by atoms with van der Waals surface area (Å²) in [6, 6.07) is 7.77. The van der Waals surface area contributed by atoms with Crippen molar-refractivity contribution >= 4 is 34.5 Å². The van der Waals surface area contributed by atoms with E-state index >= 15 is 0 Å². The van der Waals surface area contributed by atoms with E-state index in [9.17, 15) is 0 Å². The molecule has 5 heteroatoms. The van der Waals surface area contributed by atoms with Gasteiger partial charge >= 0.3 is 0 Å². The van der Waals surface area contributed by atoms with Crippen LogP contribution in [0.15, 0.2) is 24.3 Å². The Kier molecular flexibility index (Phi) is 1.63. The van der Waals surface area contributed by atoms with E-state index in [-0.39, 0.29) is 0 Å². The molecule has 0 aliphatic carbocycles. The Hall–Kier alpha value is -1.75. The molecule has 0 atom stereocenters. The van der Waals surface area contributed by atoms with Crippen LogP contribution in [0.3, 0.4) is 0 Å². The minimum atomic E-state index is 0.639. The second kappa shape index (κ2) is 2.87. The molecular weight excluding hydrogens is 208 g/mol. The third kappa shape index (κ3) is 1.16. The molecule has 1 aromatic carbocycles. The van der Waals surface area contributed by atoms with E-state index in [4.69, 9.17) is 12.2 Å². The molecule has 0 bridgehead atoms. The molecular formula is C10H8N4S. The van der Waals surface area contributed by atoms with Crippen LogP contribution >= 0.6 is 12.2 Å². The maximum Gasteiger partial charge on any atom is 0.180 e. The van der Waals surface area contributed by atoms with Gasteiger partial charge in [0.25, 0.3) is 0 Å². The average Bonchev–Trinajstić information content (AvgIpc) is 2.52. The van der Waals surface area contributed by atoms with E-state index in [1.807, 2.05) is 35.9 Å². The molecule has 0 radical (unpaired) electrons. The SMILES string of the molecule is Cn1c(=S)[nH]c2nc3ccccc3nc21. The summed E-state index contributed by atoms with van der Waals surface area (Å²) in [5, 5.41) is 0. The van der Waals surface area contributed by atoms with Crippen LogP contribution in [0.2, 0.25) is 0 Å². The number of aromatic amines is 1. The minimum Gasteiger partial charge on any atom is -0.314 e. The van der Waals surface area contributed by atoms with Crippen LogP contribution in [0.5, 0.6) is 0 Å². The Bertz CT molecular complexity index is 710. The van der Waals surface area contributed by atoms with Gasteiger partial charge in [-0.2, -0.15) is 0 Å². The average molecular weight is 216 g/mol. The molecule has 2 aromatic heterocycles. The number of H-pyrrole nitrogens is 1. The number of aromatic nitrogens is 4. The van der Waals surface area contributed by atoms with Crippen molar-refractivity contribution in [1.82, 2.24) is 19.5 Å². The van der Waals surface area contributed by atoms with E-state index in [0.29, 0.717) is 4.77 Å². The van der Waals surface area contributed by atoms with Gasteiger partial charge in [-0.3, -0.25) is 0 Å². The predicted molar refractivity (Wildman–Crippen MR) is 61.2 cm³/mol. The monoisotopic (exact) mass is 216 g/mol. The highest BCUT2D eigenvalue weighted by molar-refractivity contribution is 7.71. The van der Waals surface area contributed by atoms with Gasteiger partial charge < -0.3 is 9.55 Å². The molecule has 4 nitrogen and oxygen atoms in total. The molecule has 74 valence electrons. The molecule has 2 heterocycles. The smallest absolute Gasteiger partial charge is 0.180 e. The van der Waals surface area contributed by atoms with Crippen LogP contribution < -0.4 is 0 Å². The molecule has 1 N–H and O–H groups in total. The second-order valence-electron chi connectivity index (χ2n) is 3.37. The summed E-state index contributed by atoms with van der Waals surface area (Å²) in [6.45, 7) is 0. The summed E-state index contributed by atoms with van der Waals surface area (Å²) in [5.41, 5.74) is 3.29. The number of hydrogen-bond acceptors (Lipinski definition) is 3. The van der Waals surface area contributed by atoms with Crippen molar-refractivity contribution in [2.45, 2.75) is 0 Å². The van der Waals surface area contributed by atoms with Gasteiger partial charge in [-0.05, 0) is 24.4 Å². The van der Waals surface area contributed by atoms with Crippen molar-refractivity contribution in [1.29, 1.82) is 0 Å². The van der Waals surface area contributed by atoms with Crippen molar-refractivity contribution < 1.29 is 0 Å². The Labute approximate surface area is 90.6 Å². The van der Waals surface area contributed by atoms with Gasteiger partial charge in [0, 0.05) is 7.05 Å². The summed E-state index contributed by atoms with van der Waals surface area (Å²) in [4.78, 5) is 12.0. The fourth-order valence-electron chi connectivity index (χ4n) is 1.59. The fourth-order valence-corrected chi connectivity index (χ4v) is 1.77. The quantitative estimate of drug-likeness (QED) is 0.586. The number of imidazole rings is 1. The van der Waals surface area contributed by atoms with Crippen LogP contribution in [-0.2, 0) is 7.05 Å². The van der Waals surface area contributed by atoms with E-state index in [1.54, 1.807) is 0 Å². The van der Waals surface area contributed by atoms with Crippen molar-refractivity contribution in [3.05, 3.63) is 29.0 Å². The fraction of sp³-hybridized carbons (Fsp3) is 0.100. The zero-order valence-electron chi connectivity index (χ0n) is 8.06. The molecule has 0 aliphatic rings. The van der Waals surface area contributed by atoms with Crippen molar-refractivity contribution in [2.75, 3.05) is 0 Å². The number of para-hydroxylation sites is 2. The van der Waals surface area contributed by atoms with Gasteiger partial charge in [0.15, 0.2) is 16.1 Å². The van der Waals surface area contributed by atoms with Gasteiger partial charge in [0.1, 0.15) is 0 Å². The zero-order chi connectivity index (χ0) is 10.4. The maximum absolute atomic E-state index is 5.12. The van der Waals surface area contributed by atoms with Gasteiger partial charge in [0.05, 0.1) is 11.0 Å². The van der Waals surface area contributed by atoms with Crippen LogP contribution in [0.25, 0.3) is 22.3 Å². The number of nitrogens with one attached hydrogen (secondary N) is 1. The van der Waals surface area contributed by atoms with Gasteiger partial charge in [-0.25, -0.2) is 9.97 Å². The highest BCUT2D eigenvalue weighted by atomic mass is 32.1. The standard InChI is InChI=1S/C10H8N4S/c1-14-9-8(13-10(14)15)11-6-4-2-3-5-7(6)12-9/h2-5H,1H3,(H,11,13,15). The lowest BCUT2D eigenvalue weighted by Gasteiger charge is -1.96. The highest BCUT2D eigenvalue weighted by Gasteiger charge is 2.05. The zero-order valence-corrected chi connectivity index (χ0v) is 8.88. The summed E-state index contributed by atoms with van der Waals surface area (Å²) in [5.74, 6) is 0. The number of nitrogens with zero attached hydrogens (tertiary/aromatic N) is 3. The first-order valence-electron chi connectivity index (χ1n) is 4.57. The van der Waals surface area contributed by atoms with Gasteiger partial charge in [0.2, 0.25) is 0 Å². The van der Waals surface area contributed by atoms with Gasteiger partial charge in [-0.15, -0.1) is 0 Å². The van der Waals surface area contributed by atoms with Crippen LogP contribution in [0.4, 0.5) is 0 Å². The third-order valence-corrected chi connectivity index (χ3v) is 2.78. The van der Waals surface area contributed by atoms with Crippen LogP contribution in [0, 0.1) is 4.77 Å². The molecule has 0 aliphatic heterocycles. The van der Waals surface area contributed by atoms with Crippen molar-refractivity contribution in [2.24, 2.45) is 7.05 Å². The number of benzene rings is 1. The number of hydrogen-bond donors (Lipinski definition) is 1. The lowest BCUT2D eigenvalue weighted by molar-refractivity contribution is 0.914. The highest BCUT2D eigenvalue weighted by Crippen LogP contribution is 2.14. The number of aryl methyl sites for hydroxylation is 1. The molecule has 0 spiro atoms. The first kappa shape index (κ1) is 8.55. The molecule has 0 saturated heterocycles. The molecule has 3 rings (SSSR count). The van der Waals surface area contributed by atoms with Gasteiger partial charge in [-0.1, -0.05) is 12.1 Å². The molecule has 0 unspecified atom stereocenters. The second-order valence-corrected chi connectivity index (χ2v) is 3.76. The number of rotatable bonds is 0. The number of fused-ring (bicyclic) bond motifs is 2. The van der Waals surface area contributed by atoms with Crippen LogP contribution in [-0.4, -0.2) is 19.5 Å². The first-order valence-corrected chi connectivity index (χ1v) is 4.98. The molecule has 0 amide bonds. The van der Waals surface area contributed by atoms with Crippen molar-refractivity contribution in [3.63, 3.8) is 0 Å². The normalized spacial score (nSPS) is 11.3. The van der Waals surface area contributed by atoms with E-state index < -0.39 is 0 Å². The third-order valence-electron chi connectivity index (χ3n) is 2.40. The molecule has 15 heavy (non-hydrogen) atoms. The summed E-state index contributed by atoms with van der Waals surface area (Å²) < 4.78 is 2.46. The summed E-state index contributed by atoms with van der Waals surface area (Å²) in [6.07, 6.45) is 0. The Morgan fingerprint density at radius 1 is 1.20 bits per heavy atom. The first-order chi connectivity index (χ1) is 7.25. The van der Waals surface area contributed by atoms with Crippen LogP contribution in [0.1, 0.15) is 0 Å². The minimum absolute atomic E-state index is 0.639. The Morgan fingerprint density at radius 3 is 2.60 bits per heavy atom. The van der Waals surface area contributed by atoms with E-state index in [1.165, 1.54) is 0 Å². The Balaban J connectivity index is 2.58. The summed E-state index contributed by atoms with van der Waals surface area (Å²) >= 11 is 5.12. The van der Waals surface area contributed by atoms with E-state index in [2.05, 4.69) is 15.0 Å². The largest absolute Gasteiger partial charge is 0.314 e. The summed E-state index contributed by atoms with van der Waals surface area (Å²) in [7, 11) is 1.88. The van der Waals surface area contributed by atoms with E-state index in [0.717, 1.165) is 22.3 Å². The molecule has 0 fully saturated rings. The topological polar surface area (TPSA) is 46.5 Å². The van der Waals surface area contributed by atoms with Crippen molar-refractivity contribution in [3.8, 4) is 0 Å². The lowest BCUT2D eigenvalue weighted by atomic mass is 10.3. The predicted octanol–water partition coefficient (Wildman–Crippen LogP) is 2.18. The maximum atomic E-state index is 5.12. The lowest BCUT2D eigenvalue weighted by Crippen LogP contribution is -1.91.